The highest BCUT2D eigenvalue weighted by atomic mass is 16.6. The Morgan fingerprint density at radius 3 is 1.66 bits per heavy atom. The molecule has 0 saturated heterocycles. The second kappa shape index (κ2) is 10.2. The summed E-state index contributed by atoms with van der Waals surface area (Å²) in [5.74, 6) is 0.779. The van der Waals surface area contributed by atoms with Crippen LogP contribution < -0.4 is 4.74 Å². The second-order valence-corrected chi connectivity index (χ2v) is 10.8. The van der Waals surface area contributed by atoms with E-state index in [1.54, 1.807) is 24.3 Å². The van der Waals surface area contributed by atoms with E-state index in [-0.39, 0.29) is 34.7 Å². The fourth-order valence-electron chi connectivity index (χ4n) is 2.84. The van der Waals surface area contributed by atoms with Gasteiger partial charge in [-0.2, -0.15) is 0 Å². The van der Waals surface area contributed by atoms with E-state index in [2.05, 4.69) is 0 Å². The Bertz CT molecular complexity index is 911. The van der Waals surface area contributed by atoms with E-state index in [9.17, 15) is 20.1 Å². The van der Waals surface area contributed by atoms with Gasteiger partial charge in [0.2, 0.25) is 0 Å². The molecule has 2 rings (SSSR count). The smallest absolute Gasteiger partial charge is 0.344 e. The van der Waals surface area contributed by atoms with Gasteiger partial charge in [-0.3, -0.25) is 0 Å². The summed E-state index contributed by atoms with van der Waals surface area (Å²) in [6.45, 7) is 17.2. The topological polar surface area (TPSA) is 96.2 Å². The molecule has 0 heterocycles. The van der Waals surface area contributed by atoms with Crippen molar-refractivity contribution in [2.45, 2.75) is 78.7 Å². The minimum atomic E-state index is -0.522. The summed E-state index contributed by atoms with van der Waals surface area (Å²) in [5.41, 5.74) is 0.686. The molecule has 0 saturated carbocycles. The maximum Gasteiger partial charge on any atom is 0.344 e. The Morgan fingerprint density at radius 2 is 1.22 bits per heavy atom. The van der Waals surface area contributed by atoms with Gasteiger partial charge in [-0.1, -0.05) is 41.5 Å². The SMILES string of the molecule is CC(C)(C)OC(=O)COc1ccc(O)c(C(C)(C)C)c1.CC(C)(C)c1cc(O)ccc1O. The highest BCUT2D eigenvalue weighted by molar-refractivity contribution is 5.71. The lowest BCUT2D eigenvalue weighted by Crippen LogP contribution is -2.27. The van der Waals surface area contributed by atoms with Gasteiger partial charge >= 0.3 is 5.97 Å². The number of hydrogen-bond acceptors (Lipinski definition) is 6. The fraction of sp³-hybridized carbons (Fsp3) is 0.500. The lowest BCUT2D eigenvalue weighted by atomic mass is 9.86. The Balaban J connectivity index is 0.000000363. The summed E-state index contributed by atoms with van der Waals surface area (Å²) in [6.07, 6.45) is 0. The Labute approximate surface area is 191 Å². The predicted molar refractivity (Wildman–Crippen MR) is 127 cm³/mol. The number of phenolic OH excluding ortho intramolecular Hbond substituents is 3. The van der Waals surface area contributed by atoms with Crippen molar-refractivity contribution in [1.82, 2.24) is 0 Å². The van der Waals surface area contributed by atoms with E-state index in [4.69, 9.17) is 9.47 Å². The first-order chi connectivity index (χ1) is 14.4. The number of carbonyl (C=O) groups is 1. The molecule has 6 heteroatoms. The summed E-state index contributed by atoms with van der Waals surface area (Å²) in [4.78, 5) is 11.6. The van der Waals surface area contributed by atoms with Crippen molar-refractivity contribution in [1.29, 1.82) is 0 Å². The van der Waals surface area contributed by atoms with E-state index in [0.29, 0.717) is 5.75 Å². The van der Waals surface area contributed by atoms with Crippen LogP contribution in [-0.2, 0) is 20.4 Å². The van der Waals surface area contributed by atoms with Gasteiger partial charge in [-0.05, 0) is 68.0 Å². The third-order valence-corrected chi connectivity index (χ3v) is 4.34. The molecule has 2 aromatic carbocycles. The highest BCUT2D eigenvalue weighted by Crippen LogP contribution is 2.34. The van der Waals surface area contributed by atoms with Gasteiger partial charge < -0.3 is 24.8 Å². The van der Waals surface area contributed by atoms with Crippen molar-refractivity contribution >= 4 is 5.97 Å². The normalized spacial score (nSPS) is 11.9. The lowest BCUT2D eigenvalue weighted by molar-refractivity contribution is -0.157. The van der Waals surface area contributed by atoms with Crippen LogP contribution in [0.4, 0.5) is 0 Å². The first-order valence-corrected chi connectivity index (χ1v) is 10.6. The van der Waals surface area contributed by atoms with Crippen molar-refractivity contribution in [3.05, 3.63) is 47.5 Å². The first-order valence-electron chi connectivity index (χ1n) is 10.6. The Kier molecular flexibility index (Phi) is 8.61. The summed E-state index contributed by atoms with van der Waals surface area (Å²) in [5, 5.41) is 28.5. The van der Waals surface area contributed by atoms with Crippen molar-refractivity contribution in [2.24, 2.45) is 0 Å². The van der Waals surface area contributed by atoms with Gasteiger partial charge in [0.05, 0.1) is 0 Å². The Hall–Kier alpha value is -2.89. The number of esters is 1. The van der Waals surface area contributed by atoms with E-state index in [0.717, 1.165) is 11.1 Å². The standard InChI is InChI=1S/C16H24O4.C10H14O2/c1-15(2,3)12-9-11(7-8-13(12)17)19-10-14(18)20-16(4,5)6;1-10(2,3)8-6-7(11)4-5-9(8)12/h7-9,17H,10H2,1-6H3;4-6,11-12H,1-3H3. The van der Waals surface area contributed by atoms with Crippen molar-refractivity contribution in [3.63, 3.8) is 0 Å². The molecule has 3 N–H and O–H groups in total. The zero-order chi connectivity index (χ0) is 24.9. The molecule has 0 fully saturated rings. The molecule has 0 amide bonds. The molecular weight excluding hydrogens is 408 g/mol. The molecule has 0 unspecified atom stereocenters. The highest BCUT2D eigenvalue weighted by Gasteiger charge is 2.20. The zero-order valence-corrected chi connectivity index (χ0v) is 20.7. The number of hydrogen-bond donors (Lipinski definition) is 3. The van der Waals surface area contributed by atoms with Gasteiger partial charge in [0.1, 0.15) is 28.6 Å². The first kappa shape index (κ1) is 27.1. The van der Waals surface area contributed by atoms with Crippen molar-refractivity contribution in [2.75, 3.05) is 6.61 Å². The monoisotopic (exact) mass is 446 g/mol. The molecule has 0 aliphatic carbocycles. The quantitative estimate of drug-likeness (QED) is 0.407. The summed E-state index contributed by atoms with van der Waals surface area (Å²) in [7, 11) is 0. The van der Waals surface area contributed by atoms with Gasteiger partial charge in [-0.25, -0.2) is 4.79 Å². The third kappa shape index (κ3) is 9.08. The molecule has 2 aromatic rings. The number of ether oxygens (including phenoxy) is 2. The maximum absolute atomic E-state index is 11.6. The molecule has 32 heavy (non-hydrogen) atoms. The summed E-state index contributed by atoms with van der Waals surface area (Å²) >= 11 is 0. The van der Waals surface area contributed by atoms with Crippen LogP contribution in [0.25, 0.3) is 0 Å². The summed E-state index contributed by atoms with van der Waals surface area (Å²) < 4.78 is 10.6. The number of benzene rings is 2. The number of rotatable bonds is 3. The van der Waals surface area contributed by atoms with Crippen LogP contribution in [0.1, 0.15) is 73.4 Å². The molecule has 0 aliphatic rings. The lowest BCUT2D eigenvalue weighted by Gasteiger charge is -2.22. The van der Waals surface area contributed by atoms with Crippen LogP contribution in [0, 0.1) is 0 Å². The maximum atomic E-state index is 11.6. The van der Waals surface area contributed by atoms with Crippen LogP contribution in [0.2, 0.25) is 0 Å². The van der Waals surface area contributed by atoms with Crippen molar-refractivity contribution < 1.29 is 29.6 Å². The third-order valence-electron chi connectivity index (χ3n) is 4.34. The molecule has 0 atom stereocenters. The number of phenols is 3. The Morgan fingerprint density at radius 1 is 0.750 bits per heavy atom. The molecule has 178 valence electrons. The van der Waals surface area contributed by atoms with Crippen LogP contribution in [0.3, 0.4) is 0 Å². The van der Waals surface area contributed by atoms with Gasteiger partial charge in [0, 0.05) is 11.1 Å². The van der Waals surface area contributed by atoms with Crippen LogP contribution in [0.5, 0.6) is 23.0 Å². The van der Waals surface area contributed by atoms with E-state index >= 15 is 0 Å². The molecule has 0 spiro atoms. The van der Waals surface area contributed by atoms with E-state index in [1.807, 2.05) is 62.3 Å². The molecule has 0 aromatic heterocycles. The molecular formula is C26H38O6. The minimum Gasteiger partial charge on any atom is -0.508 e. The average Bonchev–Trinajstić information content (AvgIpc) is 2.60. The summed E-state index contributed by atoms with van der Waals surface area (Å²) in [6, 6.07) is 9.54. The largest absolute Gasteiger partial charge is 0.508 e. The van der Waals surface area contributed by atoms with Crippen LogP contribution >= 0.6 is 0 Å². The van der Waals surface area contributed by atoms with Crippen LogP contribution in [0.15, 0.2) is 36.4 Å². The number of aromatic hydroxyl groups is 3. The molecule has 0 aliphatic heterocycles. The predicted octanol–water partition coefficient (Wildman–Crippen LogP) is 5.81. The molecule has 0 radical (unpaired) electrons. The van der Waals surface area contributed by atoms with Crippen LogP contribution in [-0.4, -0.2) is 33.5 Å². The van der Waals surface area contributed by atoms with E-state index in [1.165, 1.54) is 12.1 Å². The van der Waals surface area contributed by atoms with Crippen molar-refractivity contribution in [3.8, 4) is 23.0 Å². The number of carbonyl (C=O) groups excluding carboxylic acids is 1. The molecule has 6 nitrogen and oxygen atoms in total. The fourth-order valence-corrected chi connectivity index (χ4v) is 2.84. The zero-order valence-electron chi connectivity index (χ0n) is 20.7. The average molecular weight is 447 g/mol. The van der Waals surface area contributed by atoms with Gasteiger partial charge in [0.25, 0.3) is 0 Å². The van der Waals surface area contributed by atoms with E-state index < -0.39 is 11.6 Å². The molecule has 0 bridgehead atoms. The minimum absolute atomic E-state index is 0.136. The second-order valence-electron chi connectivity index (χ2n) is 10.8. The van der Waals surface area contributed by atoms with Gasteiger partial charge in [0.15, 0.2) is 6.61 Å². The van der Waals surface area contributed by atoms with Gasteiger partial charge in [-0.15, -0.1) is 0 Å².